The third-order valence-electron chi connectivity index (χ3n) is 6.25. The third-order valence-corrected chi connectivity index (χ3v) is 6.25. The largest absolute Gasteiger partial charge is 0.478 e. The monoisotopic (exact) mass is 504 g/mol. The van der Waals surface area contributed by atoms with Gasteiger partial charge < -0.3 is 19.7 Å². The van der Waals surface area contributed by atoms with Crippen LogP contribution in [0, 0.1) is 0 Å². The van der Waals surface area contributed by atoms with Crippen LogP contribution in [0.15, 0.2) is 127 Å². The van der Waals surface area contributed by atoms with Crippen molar-refractivity contribution in [1.82, 2.24) is 0 Å². The van der Waals surface area contributed by atoms with Gasteiger partial charge in [0.2, 0.25) is 0 Å². The lowest BCUT2D eigenvalue weighted by molar-refractivity contribution is 0.0685. The molecule has 4 aromatic carbocycles. The summed E-state index contributed by atoms with van der Waals surface area (Å²) in [5.74, 6) is -0.614. The molecule has 0 spiro atoms. The Morgan fingerprint density at radius 3 is 1.82 bits per heavy atom. The fourth-order valence-electron chi connectivity index (χ4n) is 4.35. The van der Waals surface area contributed by atoms with Crippen molar-refractivity contribution in [1.29, 1.82) is 0 Å². The fourth-order valence-corrected chi connectivity index (χ4v) is 4.35. The van der Waals surface area contributed by atoms with E-state index in [1.807, 2.05) is 78.9 Å². The van der Waals surface area contributed by atoms with Crippen LogP contribution in [0.1, 0.15) is 37.8 Å². The van der Waals surface area contributed by atoms with Crippen molar-refractivity contribution in [3.8, 4) is 17.2 Å². The molecule has 0 heterocycles. The first-order valence-electron chi connectivity index (χ1n) is 12.0. The Bertz CT molecular complexity index is 1520. The van der Waals surface area contributed by atoms with E-state index >= 15 is 0 Å². The highest BCUT2D eigenvalue weighted by molar-refractivity contribution is 5.88. The van der Waals surface area contributed by atoms with E-state index in [9.17, 15) is 19.8 Å². The summed E-state index contributed by atoms with van der Waals surface area (Å²) in [5, 5.41) is 18.6. The number of hydrogen-bond donors (Lipinski definition) is 2. The van der Waals surface area contributed by atoms with Crippen molar-refractivity contribution in [3.63, 3.8) is 0 Å². The maximum atomic E-state index is 11.5. The predicted molar refractivity (Wildman–Crippen MR) is 143 cm³/mol. The predicted octanol–water partition coefficient (Wildman–Crippen LogP) is 7.06. The van der Waals surface area contributed by atoms with Crippen molar-refractivity contribution >= 4 is 11.9 Å². The minimum absolute atomic E-state index is 0.0605. The van der Waals surface area contributed by atoms with Gasteiger partial charge in [0.05, 0.1) is 11.1 Å². The molecule has 0 saturated carbocycles. The van der Waals surface area contributed by atoms with Gasteiger partial charge in [-0.15, -0.1) is 0 Å². The van der Waals surface area contributed by atoms with E-state index in [0.717, 1.165) is 11.1 Å². The molecule has 5 rings (SSSR count). The van der Waals surface area contributed by atoms with Gasteiger partial charge in [0.1, 0.15) is 17.2 Å². The van der Waals surface area contributed by atoms with E-state index in [1.54, 1.807) is 24.3 Å². The zero-order valence-corrected chi connectivity index (χ0v) is 20.2. The molecule has 0 saturated heterocycles. The lowest BCUT2D eigenvalue weighted by Crippen LogP contribution is -2.30. The Kier molecular flexibility index (Phi) is 6.78. The number of carboxylic acid groups (broad SMARTS) is 2. The first kappa shape index (κ1) is 24.6. The molecule has 2 N–H and O–H groups in total. The zero-order valence-electron chi connectivity index (χ0n) is 20.2. The molecule has 0 unspecified atom stereocenters. The number of carbonyl (C=O) groups is 2. The van der Waals surface area contributed by atoms with E-state index in [2.05, 4.69) is 0 Å². The molecule has 1 aliphatic rings. The maximum absolute atomic E-state index is 11.5. The zero-order chi connectivity index (χ0) is 26.5. The smallest absolute Gasteiger partial charge is 0.335 e. The maximum Gasteiger partial charge on any atom is 0.335 e. The number of allylic oxidation sites excluding steroid dienone is 2. The average Bonchev–Trinajstić information content (AvgIpc) is 2.94. The van der Waals surface area contributed by atoms with Crippen LogP contribution < -0.4 is 9.47 Å². The van der Waals surface area contributed by atoms with E-state index in [4.69, 9.17) is 9.47 Å². The lowest BCUT2D eigenvalue weighted by Gasteiger charge is -2.33. The number of rotatable bonds is 8. The van der Waals surface area contributed by atoms with E-state index in [0.29, 0.717) is 17.2 Å². The Morgan fingerprint density at radius 1 is 0.632 bits per heavy atom. The highest BCUT2D eigenvalue weighted by Gasteiger charge is 2.32. The lowest BCUT2D eigenvalue weighted by atomic mass is 9.84. The quantitative estimate of drug-likeness (QED) is 0.250. The molecular weight excluding hydrogens is 480 g/mol. The summed E-state index contributed by atoms with van der Waals surface area (Å²) in [6.07, 6.45) is 8.03. The van der Waals surface area contributed by atoms with Gasteiger partial charge in [0.25, 0.3) is 0 Å². The summed E-state index contributed by atoms with van der Waals surface area (Å²) in [4.78, 5) is 22.7. The molecular formula is C32H24O6. The molecule has 4 aromatic rings. The molecule has 38 heavy (non-hydrogen) atoms. The molecule has 0 bridgehead atoms. The first-order valence-corrected chi connectivity index (χ1v) is 12.0. The summed E-state index contributed by atoms with van der Waals surface area (Å²) >= 11 is 0. The van der Waals surface area contributed by atoms with Crippen LogP contribution in [-0.4, -0.2) is 22.2 Å². The van der Waals surface area contributed by atoms with E-state index < -0.39 is 17.5 Å². The topological polar surface area (TPSA) is 93.1 Å². The van der Waals surface area contributed by atoms with Gasteiger partial charge >= 0.3 is 11.9 Å². The van der Waals surface area contributed by atoms with E-state index in [1.165, 1.54) is 24.3 Å². The molecule has 0 aliphatic heterocycles. The number of hydrogen-bond acceptors (Lipinski definition) is 4. The number of carboxylic acids is 2. The van der Waals surface area contributed by atoms with E-state index in [-0.39, 0.29) is 17.0 Å². The molecule has 0 aromatic heterocycles. The Labute approximate surface area is 219 Å². The summed E-state index contributed by atoms with van der Waals surface area (Å²) in [5.41, 5.74) is 1.28. The minimum atomic E-state index is -1.02. The Morgan fingerprint density at radius 2 is 1.18 bits per heavy atom. The molecule has 6 heteroatoms. The molecule has 0 fully saturated rings. The van der Waals surface area contributed by atoms with Crippen molar-refractivity contribution in [3.05, 3.63) is 150 Å². The van der Waals surface area contributed by atoms with Gasteiger partial charge in [-0.05, 0) is 66.2 Å². The van der Waals surface area contributed by atoms with Crippen LogP contribution in [0.3, 0.4) is 0 Å². The molecule has 188 valence electrons. The molecule has 0 radical (unpaired) electrons. The summed E-state index contributed by atoms with van der Waals surface area (Å²) in [6.45, 7) is 0. The van der Waals surface area contributed by atoms with Gasteiger partial charge in [0.15, 0.2) is 5.60 Å². The summed E-state index contributed by atoms with van der Waals surface area (Å²) < 4.78 is 12.4. The van der Waals surface area contributed by atoms with Gasteiger partial charge in [-0.3, -0.25) is 0 Å². The molecule has 6 nitrogen and oxygen atoms in total. The van der Waals surface area contributed by atoms with Gasteiger partial charge in [-0.25, -0.2) is 9.59 Å². The van der Waals surface area contributed by atoms with Crippen LogP contribution in [0.25, 0.3) is 0 Å². The average molecular weight is 505 g/mol. The van der Waals surface area contributed by atoms with Gasteiger partial charge in [0, 0.05) is 11.5 Å². The third kappa shape index (κ3) is 5.34. The van der Waals surface area contributed by atoms with Crippen molar-refractivity contribution in [2.24, 2.45) is 0 Å². The van der Waals surface area contributed by atoms with Crippen LogP contribution >= 0.6 is 0 Å². The fraction of sp³-hybridized carbons (Fsp3) is 0.0625. The SMILES string of the molecule is O=C(O)c1cccc(Oc2cccc(C3C=CC(Oc4cccc(C(=O)O)c4)(c4ccccc4)C=C3)c2)c1. The highest BCUT2D eigenvalue weighted by atomic mass is 16.5. The second kappa shape index (κ2) is 10.5. The standard InChI is InChI=1S/C32H24O6/c33-30(34)24-8-5-13-28(20-24)37-27-12-4-7-23(19-27)22-15-17-32(18-16-22,26-10-2-1-3-11-26)38-29-14-6-9-25(21-29)31(35)36/h1-22H,(H,33,34)(H,35,36). The number of ether oxygens (including phenoxy) is 2. The van der Waals surface area contributed by atoms with Crippen molar-refractivity contribution in [2.75, 3.05) is 0 Å². The number of benzene rings is 4. The van der Waals surface area contributed by atoms with Crippen molar-refractivity contribution in [2.45, 2.75) is 11.5 Å². The van der Waals surface area contributed by atoms with Crippen LogP contribution in [0.2, 0.25) is 0 Å². The van der Waals surface area contributed by atoms with Gasteiger partial charge in [-0.2, -0.15) is 0 Å². The normalized spacial score (nSPS) is 18.1. The summed E-state index contributed by atoms with van der Waals surface area (Å²) in [7, 11) is 0. The second-order valence-corrected chi connectivity index (χ2v) is 8.85. The van der Waals surface area contributed by atoms with Gasteiger partial charge in [-0.1, -0.05) is 66.7 Å². The number of aromatic carboxylic acids is 2. The van der Waals surface area contributed by atoms with Crippen molar-refractivity contribution < 1.29 is 29.3 Å². The Balaban J connectivity index is 1.41. The Hall–Kier alpha value is -5.10. The molecule has 0 atom stereocenters. The van der Waals surface area contributed by atoms with Crippen LogP contribution in [0.4, 0.5) is 0 Å². The molecule has 0 amide bonds. The second-order valence-electron chi connectivity index (χ2n) is 8.85. The minimum Gasteiger partial charge on any atom is -0.478 e. The van der Waals surface area contributed by atoms with Crippen LogP contribution in [0.5, 0.6) is 17.2 Å². The van der Waals surface area contributed by atoms with Crippen LogP contribution in [-0.2, 0) is 5.60 Å². The first-order chi connectivity index (χ1) is 18.4. The summed E-state index contributed by atoms with van der Waals surface area (Å²) in [6, 6.07) is 30.2. The highest BCUT2D eigenvalue weighted by Crippen LogP contribution is 2.38. The molecule has 1 aliphatic carbocycles.